The molecule has 0 aliphatic rings. The zero-order valence-corrected chi connectivity index (χ0v) is 17.6. The second-order valence-electron chi connectivity index (χ2n) is 5.85. The number of hydrogen-bond acceptors (Lipinski definition) is 5. The van der Waals surface area contributed by atoms with E-state index in [1.165, 1.54) is 26.0 Å². The van der Waals surface area contributed by atoms with Gasteiger partial charge in [0.2, 0.25) is 11.8 Å². The Kier molecular flexibility index (Phi) is 8.47. The minimum absolute atomic E-state index is 0.0223. The predicted octanol–water partition coefficient (Wildman–Crippen LogP) is 4.83. The van der Waals surface area contributed by atoms with Crippen LogP contribution in [0.1, 0.15) is 19.8 Å². The van der Waals surface area contributed by atoms with Crippen molar-refractivity contribution in [1.82, 2.24) is 0 Å². The molecule has 2 N–H and O–H groups in total. The third kappa shape index (κ3) is 6.35. The zero-order chi connectivity index (χ0) is 20.5. The maximum Gasteiger partial charge on any atom is 0.234 e. The molecule has 2 aromatic rings. The molecule has 0 aliphatic heterocycles. The smallest absolute Gasteiger partial charge is 0.234 e. The molecule has 0 atom stereocenters. The van der Waals surface area contributed by atoms with E-state index in [1.54, 1.807) is 12.1 Å². The first kappa shape index (κ1) is 21.9. The third-order valence-electron chi connectivity index (χ3n) is 3.71. The van der Waals surface area contributed by atoms with E-state index in [2.05, 4.69) is 10.6 Å². The first-order chi connectivity index (χ1) is 13.5. The van der Waals surface area contributed by atoms with Gasteiger partial charge in [0, 0.05) is 23.1 Å². The molecule has 0 heterocycles. The quantitative estimate of drug-likeness (QED) is 0.566. The number of halogens is 1. The topological polar surface area (TPSA) is 76.7 Å². The molecule has 0 unspecified atom stereocenters. The number of nitrogens with one attached hydrogen (secondary N) is 2. The monoisotopic (exact) mass is 422 g/mol. The summed E-state index contributed by atoms with van der Waals surface area (Å²) in [6.45, 7) is 1.95. The second kappa shape index (κ2) is 10.8. The van der Waals surface area contributed by atoms with E-state index in [9.17, 15) is 9.59 Å². The van der Waals surface area contributed by atoms with E-state index in [-0.39, 0.29) is 17.6 Å². The molecule has 2 amide bonds. The van der Waals surface area contributed by atoms with Crippen LogP contribution >= 0.6 is 23.4 Å². The van der Waals surface area contributed by atoms with Crippen molar-refractivity contribution in [1.29, 1.82) is 0 Å². The Labute approximate surface area is 173 Å². The van der Waals surface area contributed by atoms with E-state index in [0.717, 1.165) is 11.3 Å². The maximum absolute atomic E-state index is 12.3. The zero-order valence-electron chi connectivity index (χ0n) is 16.0. The SMILES string of the molecule is CCCC(=O)Nc1cccc(SCC(=O)Nc2cc(Cl)c(OC)cc2OC)c1. The summed E-state index contributed by atoms with van der Waals surface area (Å²) in [5, 5.41) is 6.02. The van der Waals surface area contributed by atoms with Gasteiger partial charge in [0.15, 0.2) is 0 Å². The fraction of sp³-hybridized carbons (Fsp3) is 0.300. The average molecular weight is 423 g/mol. The van der Waals surface area contributed by atoms with E-state index < -0.39 is 0 Å². The van der Waals surface area contributed by atoms with E-state index in [1.807, 2.05) is 31.2 Å². The molecular weight excluding hydrogens is 400 g/mol. The second-order valence-corrected chi connectivity index (χ2v) is 7.31. The highest BCUT2D eigenvalue weighted by Gasteiger charge is 2.13. The van der Waals surface area contributed by atoms with Gasteiger partial charge in [-0.15, -0.1) is 11.8 Å². The molecule has 0 spiro atoms. The summed E-state index contributed by atoms with van der Waals surface area (Å²) in [5.74, 6) is 0.892. The van der Waals surface area contributed by atoms with Crippen molar-refractivity contribution < 1.29 is 19.1 Å². The van der Waals surface area contributed by atoms with Crippen LogP contribution in [0.3, 0.4) is 0 Å². The Morgan fingerprint density at radius 3 is 2.46 bits per heavy atom. The van der Waals surface area contributed by atoms with Crippen molar-refractivity contribution in [2.24, 2.45) is 0 Å². The van der Waals surface area contributed by atoms with Gasteiger partial charge in [-0.05, 0) is 30.7 Å². The lowest BCUT2D eigenvalue weighted by atomic mass is 10.2. The third-order valence-corrected chi connectivity index (χ3v) is 5.00. The minimum atomic E-state index is -0.204. The van der Waals surface area contributed by atoms with E-state index >= 15 is 0 Å². The lowest BCUT2D eigenvalue weighted by molar-refractivity contribution is -0.116. The van der Waals surface area contributed by atoms with Crippen molar-refractivity contribution in [3.8, 4) is 11.5 Å². The van der Waals surface area contributed by atoms with Gasteiger partial charge in [-0.3, -0.25) is 9.59 Å². The molecule has 150 valence electrons. The summed E-state index contributed by atoms with van der Waals surface area (Å²) < 4.78 is 10.4. The normalized spacial score (nSPS) is 10.3. The molecule has 0 radical (unpaired) electrons. The highest BCUT2D eigenvalue weighted by Crippen LogP contribution is 2.36. The van der Waals surface area contributed by atoms with Gasteiger partial charge in [0.25, 0.3) is 0 Å². The molecule has 0 saturated heterocycles. The fourth-order valence-corrected chi connectivity index (χ4v) is 3.40. The van der Waals surface area contributed by atoms with Crippen molar-refractivity contribution in [2.75, 3.05) is 30.6 Å². The van der Waals surface area contributed by atoms with Crippen LogP contribution in [0.4, 0.5) is 11.4 Å². The number of carbonyl (C=O) groups excluding carboxylic acids is 2. The number of carbonyl (C=O) groups is 2. The lowest BCUT2D eigenvalue weighted by Gasteiger charge is -2.13. The molecule has 6 nitrogen and oxygen atoms in total. The summed E-state index contributed by atoms with van der Waals surface area (Å²) in [6.07, 6.45) is 1.27. The maximum atomic E-state index is 12.3. The first-order valence-corrected chi connectivity index (χ1v) is 10.1. The van der Waals surface area contributed by atoms with Crippen LogP contribution in [0.25, 0.3) is 0 Å². The van der Waals surface area contributed by atoms with Gasteiger partial charge in [-0.1, -0.05) is 24.6 Å². The number of amides is 2. The molecule has 0 saturated carbocycles. The van der Waals surface area contributed by atoms with Gasteiger partial charge >= 0.3 is 0 Å². The van der Waals surface area contributed by atoms with E-state index in [4.69, 9.17) is 21.1 Å². The Morgan fingerprint density at radius 2 is 1.79 bits per heavy atom. The Balaban J connectivity index is 1.98. The number of rotatable bonds is 9. The minimum Gasteiger partial charge on any atom is -0.495 e. The van der Waals surface area contributed by atoms with Gasteiger partial charge in [0.05, 0.1) is 30.7 Å². The summed E-state index contributed by atoms with van der Waals surface area (Å²) in [7, 11) is 3.01. The van der Waals surface area contributed by atoms with Crippen LogP contribution in [0, 0.1) is 0 Å². The van der Waals surface area contributed by atoms with Gasteiger partial charge in [0.1, 0.15) is 11.5 Å². The van der Waals surface area contributed by atoms with E-state index in [0.29, 0.717) is 34.3 Å². The Bertz CT molecular complexity index is 845. The predicted molar refractivity (Wildman–Crippen MR) is 114 cm³/mol. The van der Waals surface area contributed by atoms with Crippen molar-refractivity contribution in [2.45, 2.75) is 24.7 Å². The van der Waals surface area contributed by atoms with Crippen molar-refractivity contribution in [3.05, 3.63) is 41.4 Å². The highest BCUT2D eigenvalue weighted by molar-refractivity contribution is 8.00. The van der Waals surface area contributed by atoms with Gasteiger partial charge in [-0.25, -0.2) is 0 Å². The Morgan fingerprint density at radius 1 is 1.04 bits per heavy atom. The van der Waals surface area contributed by atoms with Crippen LogP contribution in [0.2, 0.25) is 5.02 Å². The molecule has 0 bridgehead atoms. The molecular formula is C20H23ClN2O4S. The largest absolute Gasteiger partial charge is 0.495 e. The standard InChI is InChI=1S/C20H23ClN2O4S/c1-4-6-19(24)22-13-7-5-8-14(9-13)28-12-20(25)23-16-10-15(21)17(26-2)11-18(16)27-3/h5,7-11H,4,6,12H2,1-3H3,(H,22,24)(H,23,25). The van der Waals surface area contributed by atoms with Crippen LogP contribution in [0.15, 0.2) is 41.3 Å². The van der Waals surface area contributed by atoms with Crippen LogP contribution < -0.4 is 20.1 Å². The van der Waals surface area contributed by atoms with Crippen molar-refractivity contribution in [3.63, 3.8) is 0 Å². The van der Waals surface area contributed by atoms with Gasteiger partial charge in [-0.2, -0.15) is 0 Å². The molecule has 0 aliphatic carbocycles. The van der Waals surface area contributed by atoms with Crippen LogP contribution in [-0.2, 0) is 9.59 Å². The first-order valence-electron chi connectivity index (χ1n) is 8.71. The van der Waals surface area contributed by atoms with Gasteiger partial charge < -0.3 is 20.1 Å². The fourth-order valence-electron chi connectivity index (χ4n) is 2.41. The lowest BCUT2D eigenvalue weighted by Crippen LogP contribution is -2.15. The molecule has 2 rings (SSSR count). The highest BCUT2D eigenvalue weighted by atomic mass is 35.5. The Hall–Kier alpha value is -2.38. The van der Waals surface area contributed by atoms with Crippen molar-refractivity contribution >= 4 is 46.6 Å². The number of hydrogen-bond donors (Lipinski definition) is 2. The number of benzene rings is 2. The number of ether oxygens (including phenoxy) is 2. The number of methoxy groups -OCH3 is 2. The molecule has 0 aromatic heterocycles. The summed E-state index contributed by atoms with van der Waals surface area (Å²) in [4.78, 5) is 24.9. The summed E-state index contributed by atoms with van der Waals surface area (Å²) in [5.41, 5.74) is 1.19. The molecule has 2 aromatic carbocycles. The number of thioether (sulfide) groups is 1. The summed E-state index contributed by atoms with van der Waals surface area (Å²) >= 11 is 7.49. The molecule has 28 heavy (non-hydrogen) atoms. The van der Waals surface area contributed by atoms with Crippen LogP contribution in [-0.4, -0.2) is 31.8 Å². The average Bonchev–Trinajstić information content (AvgIpc) is 2.67. The summed E-state index contributed by atoms with van der Waals surface area (Å²) in [6, 6.07) is 10.6. The van der Waals surface area contributed by atoms with Crippen LogP contribution in [0.5, 0.6) is 11.5 Å². The number of anilines is 2. The molecule has 0 fully saturated rings. The molecule has 8 heteroatoms.